The van der Waals surface area contributed by atoms with Gasteiger partial charge in [-0.05, 0) is 61.9 Å². The van der Waals surface area contributed by atoms with Crippen molar-refractivity contribution in [3.8, 4) is 11.8 Å². The van der Waals surface area contributed by atoms with Gasteiger partial charge in [-0.1, -0.05) is 19.3 Å². The predicted octanol–water partition coefficient (Wildman–Crippen LogP) is 1.40. The van der Waals surface area contributed by atoms with E-state index < -0.39 is 42.1 Å². The molecule has 0 radical (unpaired) electrons. The summed E-state index contributed by atoms with van der Waals surface area (Å²) in [5.74, 6) is 1.95. The summed E-state index contributed by atoms with van der Waals surface area (Å²) in [6.45, 7) is 1.76. The van der Waals surface area contributed by atoms with Gasteiger partial charge in [-0.15, -0.1) is 0 Å². The highest BCUT2D eigenvalue weighted by molar-refractivity contribution is 5.97. The lowest BCUT2D eigenvalue weighted by Crippen LogP contribution is -2.51. The number of amides is 4. The van der Waals surface area contributed by atoms with Crippen molar-refractivity contribution >= 4 is 29.3 Å². The molecular formula is C28H32F3N5O6. The Labute approximate surface area is 240 Å². The summed E-state index contributed by atoms with van der Waals surface area (Å²) in [6, 6.07) is 10.8. The van der Waals surface area contributed by atoms with Crippen LogP contribution in [0.4, 0.5) is 18.9 Å². The van der Waals surface area contributed by atoms with Gasteiger partial charge in [0.25, 0.3) is 11.8 Å². The second kappa shape index (κ2) is 15.0. The molecule has 1 fully saturated rings. The standard InChI is InChI=1S/C27H28F3N5O6.CH4/c1-16(36)23(25(39)34-41)33-24(38)19-8-4-17(5-9-19)2-3-18-6-10-20(11-7-18)31-22(37)15-35-13-12-21(14-35)32-26(40)27(28,29)30;/h4-11,16,21,23,36,41H,12-15H2,1H3,(H,31,37)(H,32,40)(H,33,38)(H,34,39);1H4/t16-,21-,23+;/m1./s1. The van der Waals surface area contributed by atoms with Crippen molar-refractivity contribution in [3.05, 3.63) is 65.2 Å². The molecule has 6 N–H and O–H groups in total. The highest BCUT2D eigenvalue weighted by atomic mass is 19.4. The van der Waals surface area contributed by atoms with Crippen molar-refractivity contribution in [2.45, 2.75) is 45.1 Å². The zero-order chi connectivity index (χ0) is 30.2. The molecule has 0 saturated carbocycles. The SMILES string of the molecule is C.C[C@@H](O)[C@H](NC(=O)c1ccc(C#Cc2ccc(NC(=O)CN3CC[C@@H](NC(=O)C(F)(F)F)C3)cc2)cc1)C(=O)NO. The number of carbonyl (C=O) groups excluding carboxylic acids is 4. The van der Waals surface area contributed by atoms with E-state index in [0.29, 0.717) is 29.8 Å². The molecule has 0 aromatic heterocycles. The zero-order valence-electron chi connectivity index (χ0n) is 21.8. The summed E-state index contributed by atoms with van der Waals surface area (Å²) >= 11 is 0. The van der Waals surface area contributed by atoms with Crippen molar-refractivity contribution in [2.75, 3.05) is 25.0 Å². The number of alkyl halides is 3. The summed E-state index contributed by atoms with van der Waals surface area (Å²) < 4.78 is 37.2. The molecule has 0 aliphatic carbocycles. The minimum Gasteiger partial charge on any atom is -0.391 e. The maximum absolute atomic E-state index is 12.4. The van der Waals surface area contributed by atoms with E-state index in [2.05, 4.69) is 22.5 Å². The second-order valence-corrected chi connectivity index (χ2v) is 9.31. The van der Waals surface area contributed by atoms with Crippen LogP contribution >= 0.6 is 0 Å². The molecule has 0 spiro atoms. The monoisotopic (exact) mass is 591 g/mol. The van der Waals surface area contributed by atoms with E-state index in [0.717, 1.165) is 0 Å². The quantitative estimate of drug-likeness (QED) is 0.154. The number of aliphatic hydroxyl groups excluding tert-OH is 1. The first-order chi connectivity index (χ1) is 19.3. The summed E-state index contributed by atoms with van der Waals surface area (Å²) in [4.78, 5) is 49.0. The molecule has 1 saturated heterocycles. The minimum atomic E-state index is -4.95. The maximum Gasteiger partial charge on any atom is 0.471 e. The van der Waals surface area contributed by atoms with Gasteiger partial charge >= 0.3 is 12.1 Å². The third kappa shape index (κ3) is 9.88. The Hall–Kier alpha value is -4.45. The number of rotatable bonds is 8. The van der Waals surface area contributed by atoms with Crippen molar-refractivity contribution in [2.24, 2.45) is 0 Å². The topological polar surface area (TPSA) is 160 Å². The van der Waals surface area contributed by atoms with Gasteiger partial charge in [-0.3, -0.25) is 29.3 Å². The Bertz CT molecular complexity index is 1320. The van der Waals surface area contributed by atoms with Crippen LogP contribution in [0.2, 0.25) is 0 Å². The predicted molar refractivity (Wildman–Crippen MR) is 146 cm³/mol. The largest absolute Gasteiger partial charge is 0.471 e. The van der Waals surface area contributed by atoms with E-state index in [1.165, 1.54) is 24.5 Å². The number of hydroxylamine groups is 1. The molecule has 1 heterocycles. The van der Waals surface area contributed by atoms with E-state index in [1.54, 1.807) is 41.3 Å². The van der Waals surface area contributed by atoms with Crippen LogP contribution in [0.3, 0.4) is 0 Å². The number of carbonyl (C=O) groups is 4. The van der Waals surface area contributed by atoms with Gasteiger partial charge in [0.15, 0.2) is 0 Å². The smallest absolute Gasteiger partial charge is 0.391 e. The number of hydrogen-bond donors (Lipinski definition) is 6. The van der Waals surface area contributed by atoms with Gasteiger partial charge in [0.2, 0.25) is 5.91 Å². The van der Waals surface area contributed by atoms with Crippen molar-refractivity contribution < 1.29 is 42.7 Å². The molecule has 4 amide bonds. The van der Waals surface area contributed by atoms with E-state index >= 15 is 0 Å². The highest BCUT2D eigenvalue weighted by Crippen LogP contribution is 2.17. The number of nitrogens with zero attached hydrogens (tertiary/aromatic N) is 1. The maximum atomic E-state index is 12.4. The first-order valence-corrected chi connectivity index (χ1v) is 12.4. The lowest BCUT2D eigenvalue weighted by atomic mass is 10.1. The van der Waals surface area contributed by atoms with E-state index in [1.807, 2.05) is 5.32 Å². The molecule has 2 aromatic carbocycles. The van der Waals surface area contributed by atoms with Crippen LogP contribution < -0.4 is 21.4 Å². The van der Waals surface area contributed by atoms with Crippen molar-refractivity contribution in [1.29, 1.82) is 0 Å². The van der Waals surface area contributed by atoms with Crippen molar-refractivity contribution in [1.82, 2.24) is 21.0 Å². The first kappa shape index (κ1) is 33.8. The van der Waals surface area contributed by atoms with Crippen LogP contribution in [0.5, 0.6) is 0 Å². The molecular weight excluding hydrogens is 559 g/mol. The molecule has 0 bridgehead atoms. The third-order valence-electron chi connectivity index (χ3n) is 6.06. The zero-order valence-corrected chi connectivity index (χ0v) is 21.8. The second-order valence-electron chi connectivity index (χ2n) is 9.31. The average Bonchev–Trinajstić information content (AvgIpc) is 3.36. The average molecular weight is 592 g/mol. The number of aliphatic hydroxyl groups is 1. The summed E-state index contributed by atoms with van der Waals surface area (Å²) in [7, 11) is 0. The first-order valence-electron chi connectivity index (χ1n) is 12.4. The number of hydrogen-bond acceptors (Lipinski definition) is 7. The number of anilines is 1. The van der Waals surface area contributed by atoms with Crippen LogP contribution in [0.1, 0.15) is 42.3 Å². The Morgan fingerprint density at radius 2 is 1.60 bits per heavy atom. The summed E-state index contributed by atoms with van der Waals surface area (Å²) in [6.07, 6.45) is -5.87. The molecule has 1 aliphatic heterocycles. The number of likely N-dealkylation sites (tertiary alicyclic amines) is 1. The van der Waals surface area contributed by atoms with Crippen LogP contribution in [0.15, 0.2) is 48.5 Å². The number of halogens is 3. The van der Waals surface area contributed by atoms with E-state index in [9.17, 15) is 37.5 Å². The molecule has 3 rings (SSSR count). The molecule has 42 heavy (non-hydrogen) atoms. The Kier molecular flexibility index (Phi) is 12.0. The van der Waals surface area contributed by atoms with Crippen LogP contribution in [0, 0.1) is 11.8 Å². The van der Waals surface area contributed by atoms with Crippen LogP contribution in [-0.2, 0) is 14.4 Å². The fraction of sp³-hybridized carbons (Fsp3) is 0.357. The fourth-order valence-corrected chi connectivity index (χ4v) is 3.95. The molecule has 1 aliphatic rings. The van der Waals surface area contributed by atoms with Crippen molar-refractivity contribution in [3.63, 3.8) is 0 Å². The highest BCUT2D eigenvalue weighted by Gasteiger charge is 2.40. The van der Waals surface area contributed by atoms with Gasteiger partial charge in [-0.2, -0.15) is 13.2 Å². The lowest BCUT2D eigenvalue weighted by Gasteiger charge is -2.19. The van der Waals surface area contributed by atoms with Gasteiger partial charge in [0, 0.05) is 41.5 Å². The fourth-order valence-electron chi connectivity index (χ4n) is 3.95. The van der Waals surface area contributed by atoms with Gasteiger partial charge < -0.3 is 21.1 Å². The Balaban J connectivity index is 0.00000616. The molecule has 226 valence electrons. The molecule has 2 aromatic rings. The molecule has 3 atom stereocenters. The summed E-state index contributed by atoms with van der Waals surface area (Å²) in [5, 5.41) is 25.3. The molecule has 11 nitrogen and oxygen atoms in total. The minimum absolute atomic E-state index is 0. The third-order valence-corrected chi connectivity index (χ3v) is 6.06. The van der Waals surface area contributed by atoms with Gasteiger partial charge in [0.05, 0.1) is 12.6 Å². The van der Waals surface area contributed by atoms with E-state index in [-0.39, 0.29) is 32.0 Å². The number of nitrogens with one attached hydrogen (secondary N) is 4. The Morgan fingerprint density at radius 1 is 1.02 bits per heavy atom. The van der Waals surface area contributed by atoms with Gasteiger partial charge in [-0.25, -0.2) is 5.48 Å². The van der Waals surface area contributed by atoms with Crippen LogP contribution in [0.25, 0.3) is 0 Å². The van der Waals surface area contributed by atoms with E-state index in [4.69, 9.17) is 5.21 Å². The lowest BCUT2D eigenvalue weighted by molar-refractivity contribution is -0.174. The molecule has 14 heteroatoms. The summed E-state index contributed by atoms with van der Waals surface area (Å²) in [5.41, 5.74) is 3.33. The normalized spacial score (nSPS) is 16.1. The number of benzene rings is 2. The van der Waals surface area contributed by atoms with Crippen LogP contribution in [-0.4, -0.2) is 82.8 Å². The van der Waals surface area contributed by atoms with Gasteiger partial charge in [0.1, 0.15) is 6.04 Å². The molecule has 0 unspecified atom stereocenters. The Morgan fingerprint density at radius 3 is 2.12 bits per heavy atom.